The first kappa shape index (κ1) is 10.9. The molecular weight excluding hydrogens is 191 g/mol. The van der Waals surface area contributed by atoms with Gasteiger partial charge in [0.1, 0.15) is 0 Å². The van der Waals surface area contributed by atoms with E-state index in [9.17, 15) is 0 Å². The van der Waals surface area contributed by atoms with Gasteiger partial charge >= 0.3 is 0 Å². The van der Waals surface area contributed by atoms with Gasteiger partial charge in [0, 0.05) is 0 Å². The van der Waals surface area contributed by atoms with Crippen LogP contribution in [0.25, 0.3) is 0 Å². The van der Waals surface area contributed by atoms with E-state index in [0.29, 0.717) is 13.2 Å². The molecule has 5 heteroatoms. The van der Waals surface area contributed by atoms with Crippen molar-refractivity contribution < 1.29 is 9.05 Å². The van der Waals surface area contributed by atoms with Crippen molar-refractivity contribution in [3.05, 3.63) is 0 Å². The van der Waals surface area contributed by atoms with Crippen LogP contribution in [0.5, 0.6) is 0 Å². The molecule has 0 amide bonds. The summed E-state index contributed by atoms with van der Waals surface area (Å²) >= 11 is 10.5. The minimum absolute atomic E-state index is 0.518. The first-order valence-electron chi connectivity index (χ1n) is 3.21. The summed E-state index contributed by atoms with van der Waals surface area (Å²) in [5.74, 6) is -2.40. The first-order chi connectivity index (χ1) is 4.62. The van der Waals surface area contributed by atoms with Crippen LogP contribution in [-0.2, 0) is 20.9 Å². The standard InChI is InChI=1S/C5H12ClO2PS/c1-3-5-8-9(6,10)7-4-2/h3-5H2,1-2H3. The van der Waals surface area contributed by atoms with Gasteiger partial charge in [-0.1, -0.05) is 6.92 Å². The van der Waals surface area contributed by atoms with E-state index in [1.807, 2.05) is 13.8 Å². The molecule has 0 radical (unpaired) electrons. The molecule has 0 aliphatic carbocycles. The molecule has 0 rings (SSSR count). The zero-order valence-corrected chi connectivity index (χ0v) is 8.64. The number of halogens is 1. The Morgan fingerprint density at radius 2 is 2.00 bits per heavy atom. The van der Waals surface area contributed by atoms with Gasteiger partial charge in [0.15, 0.2) is 0 Å². The van der Waals surface area contributed by atoms with Crippen molar-refractivity contribution in [1.82, 2.24) is 0 Å². The lowest BCUT2D eigenvalue weighted by atomic mass is 10.5. The van der Waals surface area contributed by atoms with Crippen LogP contribution in [0.2, 0.25) is 0 Å². The molecule has 0 N–H and O–H groups in total. The molecule has 0 saturated carbocycles. The Balaban J connectivity index is 3.53. The minimum atomic E-state index is -2.40. The lowest BCUT2D eigenvalue weighted by Gasteiger charge is -2.12. The van der Waals surface area contributed by atoms with Crippen LogP contribution in [0.15, 0.2) is 0 Å². The van der Waals surface area contributed by atoms with Gasteiger partial charge in [0.05, 0.1) is 13.2 Å². The molecule has 2 nitrogen and oxygen atoms in total. The predicted octanol–water partition coefficient (Wildman–Crippen LogP) is 2.91. The highest BCUT2D eigenvalue weighted by Crippen LogP contribution is 2.53. The van der Waals surface area contributed by atoms with Gasteiger partial charge in [0.2, 0.25) is 0 Å². The first-order valence-corrected chi connectivity index (χ1v) is 6.75. The van der Waals surface area contributed by atoms with Crippen molar-refractivity contribution >= 4 is 28.9 Å². The van der Waals surface area contributed by atoms with Gasteiger partial charge < -0.3 is 9.05 Å². The molecule has 0 aromatic heterocycles. The quantitative estimate of drug-likeness (QED) is 0.639. The molecule has 0 spiro atoms. The molecule has 0 saturated heterocycles. The van der Waals surface area contributed by atoms with Crippen molar-refractivity contribution in [3.8, 4) is 0 Å². The molecule has 0 heterocycles. The molecule has 0 aromatic carbocycles. The van der Waals surface area contributed by atoms with E-state index in [4.69, 9.17) is 32.1 Å². The summed E-state index contributed by atoms with van der Waals surface area (Å²) < 4.78 is 10.1. The smallest absolute Gasteiger partial charge is 0.281 e. The van der Waals surface area contributed by atoms with E-state index in [2.05, 4.69) is 0 Å². The largest absolute Gasteiger partial charge is 0.318 e. The highest BCUT2D eigenvalue weighted by molar-refractivity contribution is 8.22. The van der Waals surface area contributed by atoms with Gasteiger partial charge in [-0.2, -0.15) is 0 Å². The molecule has 0 aliphatic rings. The van der Waals surface area contributed by atoms with Crippen LogP contribution in [0.4, 0.5) is 0 Å². The third-order valence-corrected chi connectivity index (χ3v) is 3.01. The highest BCUT2D eigenvalue weighted by atomic mass is 35.7. The van der Waals surface area contributed by atoms with Gasteiger partial charge in [0.25, 0.3) is 5.84 Å². The molecule has 1 unspecified atom stereocenters. The summed E-state index contributed by atoms with van der Waals surface area (Å²) in [7, 11) is 0. The van der Waals surface area contributed by atoms with Crippen LogP contribution < -0.4 is 0 Å². The molecular formula is C5H12ClO2PS. The fraction of sp³-hybridized carbons (Fsp3) is 1.00. The molecule has 0 fully saturated rings. The van der Waals surface area contributed by atoms with Gasteiger partial charge in [-0.05, 0) is 36.4 Å². The Morgan fingerprint density at radius 3 is 2.40 bits per heavy atom. The van der Waals surface area contributed by atoms with E-state index in [0.717, 1.165) is 6.42 Å². The topological polar surface area (TPSA) is 18.5 Å². The number of rotatable bonds is 5. The van der Waals surface area contributed by atoms with E-state index in [-0.39, 0.29) is 0 Å². The lowest BCUT2D eigenvalue weighted by Crippen LogP contribution is -1.90. The second kappa shape index (κ2) is 5.50. The van der Waals surface area contributed by atoms with Crippen molar-refractivity contribution in [1.29, 1.82) is 0 Å². The molecule has 0 aliphatic heterocycles. The molecule has 0 bridgehead atoms. The third kappa shape index (κ3) is 5.63. The molecule has 1 atom stereocenters. The van der Waals surface area contributed by atoms with Gasteiger partial charge in [-0.15, -0.1) is 0 Å². The maximum absolute atomic E-state index is 5.70. The second-order valence-corrected chi connectivity index (χ2v) is 6.44. The average Bonchev–Trinajstić information content (AvgIpc) is 1.84. The Bertz CT molecular complexity index is 131. The monoisotopic (exact) mass is 202 g/mol. The number of hydrogen-bond acceptors (Lipinski definition) is 3. The minimum Gasteiger partial charge on any atom is -0.318 e. The Morgan fingerprint density at radius 1 is 1.40 bits per heavy atom. The second-order valence-electron chi connectivity index (χ2n) is 1.68. The summed E-state index contributed by atoms with van der Waals surface area (Å²) in [6.07, 6.45) is 0.915. The Hall–Kier alpha value is 0.860. The fourth-order valence-corrected chi connectivity index (χ4v) is 2.22. The summed E-state index contributed by atoms with van der Waals surface area (Å²) in [5, 5.41) is 0. The Labute approximate surface area is 71.8 Å². The zero-order chi connectivity index (χ0) is 8.04. The zero-order valence-electron chi connectivity index (χ0n) is 6.17. The Kier molecular flexibility index (Phi) is 5.98. The molecule has 10 heavy (non-hydrogen) atoms. The van der Waals surface area contributed by atoms with Gasteiger partial charge in [-0.25, -0.2) is 0 Å². The van der Waals surface area contributed by atoms with Crippen LogP contribution in [0, 0.1) is 0 Å². The van der Waals surface area contributed by atoms with Crippen LogP contribution in [0.1, 0.15) is 20.3 Å². The summed E-state index contributed by atoms with van der Waals surface area (Å²) in [6, 6.07) is 0. The van der Waals surface area contributed by atoms with Crippen LogP contribution in [-0.4, -0.2) is 13.2 Å². The summed E-state index contributed by atoms with van der Waals surface area (Å²) in [5.41, 5.74) is 0. The maximum atomic E-state index is 5.70. The average molecular weight is 203 g/mol. The van der Waals surface area contributed by atoms with Crippen LogP contribution in [0.3, 0.4) is 0 Å². The van der Waals surface area contributed by atoms with Crippen molar-refractivity contribution in [2.45, 2.75) is 20.3 Å². The normalized spacial score (nSPS) is 16.7. The maximum Gasteiger partial charge on any atom is 0.281 e. The predicted molar refractivity (Wildman–Crippen MR) is 48.0 cm³/mol. The van der Waals surface area contributed by atoms with Crippen molar-refractivity contribution in [2.24, 2.45) is 0 Å². The highest BCUT2D eigenvalue weighted by Gasteiger charge is 2.12. The molecule has 0 aromatic rings. The van der Waals surface area contributed by atoms with E-state index >= 15 is 0 Å². The fourth-order valence-electron chi connectivity index (χ4n) is 0.392. The lowest BCUT2D eigenvalue weighted by molar-refractivity contribution is 0.268. The summed E-state index contributed by atoms with van der Waals surface area (Å²) in [4.78, 5) is 0. The van der Waals surface area contributed by atoms with Gasteiger partial charge in [-0.3, -0.25) is 0 Å². The van der Waals surface area contributed by atoms with E-state index < -0.39 is 5.84 Å². The van der Waals surface area contributed by atoms with Crippen molar-refractivity contribution in [3.63, 3.8) is 0 Å². The van der Waals surface area contributed by atoms with Crippen molar-refractivity contribution in [2.75, 3.05) is 13.2 Å². The number of hydrogen-bond donors (Lipinski definition) is 0. The summed E-state index contributed by atoms with van der Waals surface area (Å²) in [6.45, 7) is 4.95. The van der Waals surface area contributed by atoms with E-state index in [1.54, 1.807) is 0 Å². The molecule has 62 valence electrons. The third-order valence-electron chi connectivity index (χ3n) is 0.733. The SMILES string of the molecule is CCCOP(=S)(Cl)OCC. The van der Waals surface area contributed by atoms with Crippen LogP contribution >= 0.6 is 17.1 Å². The van der Waals surface area contributed by atoms with E-state index in [1.165, 1.54) is 0 Å².